The third-order valence-electron chi connectivity index (χ3n) is 6.63. The van der Waals surface area contributed by atoms with E-state index < -0.39 is 18.3 Å². The summed E-state index contributed by atoms with van der Waals surface area (Å²) < 4.78 is 10.5. The number of aromatic amines is 1. The first-order valence-electron chi connectivity index (χ1n) is 11.4. The number of para-hydroxylation sites is 2. The maximum atomic E-state index is 12.8. The average molecular weight is 489 g/mol. The van der Waals surface area contributed by atoms with E-state index >= 15 is 0 Å². The van der Waals surface area contributed by atoms with Crippen molar-refractivity contribution in [2.45, 2.75) is 18.6 Å². The molecule has 0 aliphatic carbocycles. The number of nitrogens with one attached hydrogen (secondary N) is 1. The van der Waals surface area contributed by atoms with E-state index in [-0.39, 0.29) is 12.2 Å². The molecule has 2 atom stereocenters. The molecule has 1 fully saturated rings. The molecule has 0 bridgehead atoms. The number of hydrogen-bond donors (Lipinski definition) is 2. The van der Waals surface area contributed by atoms with Gasteiger partial charge in [0.25, 0.3) is 0 Å². The van der Waals surface area contributed by atoms with Crippen LogP contribution in [-0.4, -0.2) is 69.3 Å². The quantitative estimate of drug-likeness (QED) is 0.361. The fraction of sp³-hybridized carbons (Fsp3) is 0.304. The Hall–Kier alpha value is -4.68. The van der Waals surface area contributed by atoms with Crippen LogP contribution in [-0.2, 0) is 18.8 Å². The van der Waals surface area contributed by atoms with Crippen molar-refractivity contribution in [3.8, 4) is 11.4 Å². The molecule has 13 heteroatoms. The molecular weight excluding hydrogens is 466 g/mol. The lowest BCUT2D eigenvalue weighted by Crippen LogP contribution is -2.48. The van der Waals surface area contributed by atoms with Gasteiger partial charge in [-0.25, -0.2) is 24.5 Å². The molecule has 1 aliphatic heterocycles. The second-order valence-corrected chi connectivity index (χ2v) is 8.81. The number of anilines is 1. The minimum absolute atomic E-state index is 0.202. The molecule has 0 unspecified atom stereocenters. The number of piperidine rings is 1. The first-order valence-corrected chi connectivity index (χ1v) is 11.4. The molecule has 1 aliphatic rings. The Morgan fingerprint density at radius 2 is 2.06 bits per heavy atom. The topological polar surface area (TPSA) is 149 Å². The predicted octanol–water partition coefficient (Wildman–Crippen LogP) is 1.92. The summed E-state index contributed by atoms with van der Waals surface area (Å²) in [6.07, 6.45) is 3.33. The zero-order chi connectivity index (χ0) is 25.0. The van der Waals surface area contributed by atoms with Crippen molar-refractivity contribution < 1.29 is 14.6 Å². The third-order valence-corrected chi connectivity index (χ3v) is 6.63. The van der Waals surface area contributed by atoms with Crippen molar-refractivity contribution in [2.75, 3.05) is 18.0 Å². The van der Waals surface area contributed by atoms with E-state index in [1.54, 1.807) is 15.4 Å². The number of aryl methyl sites for hydroxylation is 2. The lowest BCUT2D eigenvalue weighted by Gasteiger charge is -2.38. The summed E-state index contributed by atoms with van der Waals surface area (Å²) in [6.45, 7) is 0.717. The number of hydrogen-bond acceptors (Lipinski definition) is 8. The van der Waals surface area contributed by atoms with E-state index in [2.05, 4.69) is 20.1 Å². The van der Waals surface area contributed by atoms with E-state index in [0.29, 0.717) is 46.8 Å². The maximum Gasteiger partial charge on any atom is 0.506 e. The molecule has 5 heterocycles. The highest BCUT2D eigenvalue weighted by Crippen LogP contribution is 2.33. The van der Waals surface area contributed by atoms with Crippen LogP contribution in [0.2, 0.25) is 0 Å². The highest BCUT2D eigenvalue weighted by Gasteiger charge is 2.36. The first-order chi connectivity index (χ1) is 17.4. The molecule has 0 amide bonds. The molecule has 0 radical (unpaired) electrons. The second kappa shape index (κ2) is 8.22. The monoisotopic (exact) mass is 489 g/mol. The number of carboxylic acid groups (broad SMARTS) is 1. The number of ether oxygens (including phenoxy) is 1. The molecule has 0 saturated carbocycles. The zero-order valence-corrected chi connectivity index (χ0v) is 19.6. The van der Waals surface area contributed by atoms with Crippen molar-refractivity contribution in [1.29, 1.82) is 0 Å². The number of H-pyrrole nitrogens is 1. The van der Waals surface area contributed by atoms with Gasteiger partial charge in [-0.2, -0.15) is 5.10 Å². The van der Waals surface area contributed by atoms with E-state index in [1.165, 1.54) is 6.33 Å². The van der Waals surface area contributed by atoms with Crippen LogP contribution in [0, 0.1) is 0 Å². The Kier molecular flexibility index (Phi) is 4.98. The SMILES string of the molecule is Cn1cc(-c2nc3c(N4CC[C@@H](n5c(=O)[nH]c6ccccc65)[C@H](OC(=O)O)C4)ncnc3n2C)cn1. The Morgan fingerprint density at radius 3 is 2.83 bits per heavy atom. The average Bonchev–Trinajstić information content (AvgIpc) is 3.53. The van der Waals surface area contributed by atoms with Crippen LogP contribution in [0.4, 0.5) is 10.6 Å². The van der Waals surface area contributed by atoms with Gasteiger partial charge >= 0.3 is 11.8 Å². The molecule has 36 heavy (non-hydrogen) atoms. The number of aromatic nitrogens is 8. The fourth-order valence-electron chi connectivity index (χ4n) is 5.05. The van der Waals surface area contributed by atoms with Crippen LogP contribution < -0.4 is 10.6 Å². The molecule has 13 nitrogen and oxygen atoms in total. The highest BCUT2D eigenvalue weighted by molar-refractivity contribution is 5.86. The smallest absolute Gasteiger partial charge is 0.450 e. The van der Waals surface area contributed by atoms with E-state index in [1.807, 2.05) is 54.0 Å². The maximum absolute atomic E-state index is 12.8. The van der Waals surface area contributed by atoms with Gasteiger partial charge in [0, 0.05) is 26.8 Å². The summed E-state index contributed by atoms with van der Waals surface area (Å²) in [5.74, 6) is 1.27. The molecule has 5 aromatic rings. The number of benzene rings is 1. The van der Waals surface area contributed by atoms with Crippen molar-refractivity contribution in [1.82, 2.24) is 38.9 Å². The third kappa shape index (κ3) is 3.47. The van der Waals surface area contributed by atoms with Gasteiger partial charge in [0.15, 0.2) is 17.0 Å². The fourth-order valence-corrected chi connectivity index (χ4v) is 5.05. The number of rotatable bonds is 4. The summed E-state index contributed by atoms with van der Waals surface area (Å²) in [7, 11) is 3.71. The van der Waals surface area contributed by atoms with Gasteiger partial charge in [-0.05, 0) is 18.6 Å². The molecule has 1 aromatic carbocycles. The number of nitrogens with zero attached hydrogens (tertiary/aromatic N) is 8. The van der Waals surface area contributed by atoms with Gasteiger partial charge < -0.3 is 24.3 Å². The minimum atomic E-state index is -1.40. The van der Waals surface area contributed by atoms with E-state index in [4.69, 9.17) is 9.72 Å². The van der Waals surface area contributed by atoms with Gasteiger partial charge in [-0.3, -0.25) is 9.25 Å². The minimum Gasteiger partial charge on any atom is -0.450 e. The van der Waals surface area contributed by atoms with Crippen LogP contribution in [0.25, 0.3) is 33.6 Å². The highest BCUT2D eigenvalue weighted by atomic mass is 16.7. The van der Waals surface area contributed by atoms with E-state index in [9.17, 15) is 14.7 Å². The Balaban J connectivity index is 1.39. The molecule has 2 N–H and O–H groups in total. The van der Waals surface area contributed by atoms with Gasteiger partial charge in [-0.15, -0.1) is 0 Å². The Bertz CT molecular complexity index is 1660. The van der Waals surface area contributed by atoms with Crippen molar-refractivity contribution in [3.63, 3.8) is 0 Å². The lowest BCUT2D eigenvalue weighted by atomic mass is 10.0. The van der Waals surface area contributed by atoms with Crippen LogP contribution >= 0.6 is 0 Å². The number of imidazole rings is 2. The van der Waals surface area contributed by atoms with Gasteiger partial charge in [0.05, 0.1) is 35.4 Å². The number of carbonyl (C=O) groups is 1. The first kappa shape index (κ1) is 21.8. The van der Waals surface area contributed by atoms with Crippen LogP contribution in [0.1, 0.15) is 12.5 Å². The summed E-state index contributed by atoms with van der Waals surface area (Å²) in [5, 5.41) is 13.7. The largest absolute Gasteiger partial charge is 0.506 e. The molecule has 6 rings (SSSR count). The summed E-state index contributed by atoms with van der Waals surface area (Å²) in [4.78, 5) is 42.9. The van der Waals surface area contributed by atoms with Crippen LogP contribution in [0.3, 0.4) is 0 Å². The second-order valence-electron chi connectivity index (χ2n) is 8.81. The van der Waals surface area contributed by atoms with Crippen molar-refractivity contribution in [2.24, 2.45) is 14.1 Å². The standard InChI is InChI=1S/C23H23N9O4/c1-29-10-13(9-26-29)19-28-18-20(30(19)2)24-12-25-21(18)31-8-7-16(17(11-31)36-23(34)35)32-15-6-4-3-5-14(15)27-22(32)33/h3-6,9-10,12,16-17H,7-8,11H2,1-2H3,(H,27,33)(H,34,35)/t16-,17-/m1/s1. The normalized spacial score (nSPS) is 18.2. The van der Waals surface area contributed by atoms with Crippen LogP contribution in [0.15, 0.2) is 47.8 Å². The summed E-state index contributed by atoms with van der Waals surface area (Å²) >= 11 is 0. The van der Waals surface area contributed by atoms with Crippen molar-refractivity contribution in [3.05, 3.63) is 53.5 Å². The summed E-state index contributed by atoms with van der Waals surface area (Å²) in [5.41, 5.74) is 3.17. The van der Waals surface area contributed by atoms with E-state index in [0.717, 1.165) is 5.56 Å². The Morgan fingerprint density at radius 1 is 1.22 bits per heavy atom. The van der Waals surface area contributed by atoms with Gasteiger partial charge in [-0.1, -0.05) is 12.1 Å². The molecule has 0 spiro atoms. The van der Waals surface area contributed by atoms with Crippen molar-refractivity contribution >= 4 is 34.2 Å². The summed E-state index contributed by atoms with van der Waals surface area (Å²) in [6, 6.07) is 6.84. The molecule has 184 valence electrons. The number of fused-ring (bicyclic) bond motifs is 2. The van der Waals surface area contributed by atoms with Gasteiger partial charge in [0.1, 0.15) is 18.3 Å². The van der Waals surface area contributed by atoms with Gasteiger partial charge in [0.2, 0.25) is 0 Å². The zero-order valence-electron chi connectivity index (χ0n) is 19.6. The lowest BCUT2D eigenvalue weighted by molar-refractivity contribution is 0.0224. The Labute approximate surface area is 203 Å². The molecule has 1 saturated heterocycles. The van der Waals surface area contributed by atoms with Crippen LogP contribution in [0.5, 0.6) is 0 Å². The predicted molar refractivity (Wildman–Crippen MR) is 130 cm³/mol. The molecular formula is C23H23N9O4. The molecule has 4 aromatic heterocycles.